The van der Waals surface area contributed by atoms with Crippen molar-refractivity contribution >= 4 is 0 Å². The summed E-state index contributed by atoms with van der Waals surface area (Å²) in [7, 11) is 0. The lowest BCUT2D eigenvalue weighted by atomic mass is 9.71. The van der Waals surface area contributed by atoms with Crippen LogP contribution in [0, 0.1) is 5.41 Å². The van der Waals surface area contributed by atoms with Crippen molar-refractivity contribution in [3.8, 4) is 0 Å². The van der Waals surface area contributed by atoms with E-state index in [4.69, 9.17) is 5.11 Å². The Morgan fingerprint density at radius 3 is 2.50 bits per heavy atom. The largest absolute Gasteiger partial charge is 0.392 e. The van der Waals surface area contributed by atoms with Crippen LogP contribution in [-0.4, -0.2) is 22.9 Å². The first kappa shape index (κ1) is 9.75. The van der Waals surface area contributed by atoms with Crippen LogP contribution in [0.1, 0.15) is 33.6 Å². The monoisotopic (exact) mass is 170 g/mol. The van der Waals surface area contributed by atoms with Gasteiger partial charge in [0.25, 0.3) is 0 Å². The predicted molar refractivity (Wildman–Crippen MR) is 48.8 cm³/mol. The molecule has 0 aromatic carbocycles. The molecule has 70 valence electrons. The average Bonchev–Trinajstić information content (AvgIpc) is 1.98. The summed E-state index contributed by atoms with van der Waals surface area (Å²) < 4.78 is 0. The van der Waals surface area contributed by atoms with Gasteiger partial charge in [-0.1, -0.05) is 19.4 Å². The van der Waals surface area contributed by atoms with E-state index in [1.54, 1.807) is 0 Å². The van der Waals surface area contributed by atoms with Crippen LogP contribution in [0.5, 0.6) is 0 Å². The summed E-state index contributed by atoms with van der Waals surface area (Å²) in [5, 5.41) is 18.9. The molecule has 12 heavy (non-hydrogen) atoms. The summed E-state index contributed by atoms with van der Waals surface area (Å²) in [5.74, 6) is 0. The Bertz CT molecular complexity index is 204. The lowest BCUT2D eigenvalue weighted by molar-refractivity contribution is 0.0501. The van der Waals surface area contributed by atoms with E-state index in [1.165, 1.54) is 5.57 Å². The third-order valence-corrected chi connectivity index (χ3v) is 3.08. The van der Waals surface area contributed by atoms with E-state index >= 15 is 0 Å². The zero-order valence-electron chi connectivity index (χ0n) is 8.09. The summed E-state index contributed by atoms with van der Waals surface area (Å²) in [5.41, 5.74) is 2.02. The van der Waals surface area contributed by atoms with Gasteiger partial charge in [-0.3, -0.25) is 0 Å². The van der Waals surface area contributed by atoms with Crippen LogP contribution in [0.3, 0.4) is 0 Å². The zero-order chi connectivity index (χ0) is 9.35. The van der Waals surface area contributed by atoms with Gasteiger partial charge in [0.1, 0.15) is 0 Å². The van der Waals surface area contributed by atoms with Gasteiger partial charge >= 0.3 is 0 Å². The number of rotatable bonds is 1. The third kappa shape index (κ3) is 1.41. The van der Waals surface area contributed by atoms with Gasteiger partial charge in [0.05, 0.1) is 12.7 Å². The van der Waals surface area contributed by atoms with Gasteiger partial charge in [-0.25, -0.2) is 0 Å². The molecule has 0 radical (unpaired) electrons. The number of allylic oxidation sites excluding steroid dienone is 1. The molecule has 2 N–H and O–H groups in total. The molecule has 1 atom stereocenters. The first-order chi connectivity index (χ1) is 5.50. The Balaban J connectivity index is 3.00. The molecule has 0 aromatic heterocycles. The molecule has 0 saturated heterocycles. The van der Waals surface area contributed by atoms with Crippen LogP contribution in [0.4, 0.5) is 0 Å². The molecule has 1 rings (SSSR count). The van der Waals surface area contributed by atoms with Crippen molar-refractivity contribution in [1.29, 1.82) is 0 Å². The fourth-order valence-corrected chi connectivity index (χ4v) is 1.95. The van der Waals surface area contributed by atoms with E-state index in [-0.39, 0.29) is 18.1 Å². The highest BCUT2D eigenvalue weighted by Gasteiger charge is 2.35. The van der Waals surface area contributed by atoms with Crippen LogP contribution in [0.25, 0.3) is 0 Å². The lowest BCUT2D eigenvalue weighted by Gasteiger charge is -2.38. The van der Waals surface area contributed by atoms with E-state index in [2.05, 4.69) is 0 Å². The van der Waals surface area contributed by atoms with Crippen molar-refractivity contribution in [1.82, 2.24) is 0 Å². The van der Waals surface area contributed by atoms with Gasteiger partial charge in [0.15, 0.2) is 0 Å². The second-order valence-corrected chi connectivity index (χ2v) is 4.19. The molecule has 0 amide bonds. The van der Waals surface area contributed by atoms with Gasteiger partial charge in [-0.2, -0.15) is 0 Å². The summed E-state index contributed by atoms with van der Waals surface area (Å²) in [4.78, 5) is 0. The van der Waals surface area contributed by atoms with Crippen molar-refractivity contribution in [2.45, 2.75) is 39.7 Å². The van der Waals surface area contributed by atoms with Gasteiger partial charge in [-0.15, -0.1) is 0 Å². The Hall–Kier alpha value is -0.340. The SMILES string of the molecule is CC1=C(CO)C(C)(C)C(O)CC1. The normalized spacial score (nSPS) is 29.2. The van der Waals surface area contributed by atoms with E-state index in [0.29, 0.717) is 0 Å². The molecule has 2 heteroatoms. The van der Waals surface area contributed by atoms with Crippen molar-refractivity contribution in [2.75, 3.05) is 6.61 Å². The van der Waals surface area contributed by atoms with E-state index < -0.39 is 0 Å². The fraction of sp³-hybridized carbons (Fsp3) is 0.800. The Morgan fingerprint density at radius 2 is 2.08 bits per heavy atom. The molecule has 1 aliphatic rings. The average molecular weight is 170 g/mol. The second-order valence-electron chi connectivity index (χ2n) is 4.19. The van der Waals surface area contributed by atoms with Gasteiger partial charge in [-0.05, 0) is 25.3 Å². The first-order valence-corrected chi connectivity index (χ1v) is 4.48. The highest BCUT2D eigenvalue weighted by molar-refractivity contribution is 5.24. The minimum Gasteiger partial charge on any atom is -0.392 e. The van der Waals surface area contributed by atoms with Crippen LogP contribution in [-0.2, 0) is 0 Å². The zero-order valence-corrected chi connectivity index (χ0v) is 8.09. The Morgan fingerprint density at radius 1 is 1.50 bits per heavy atom. The molecule has 0 aromatic rings. The van der Waals surface area contributed by atoms with E-state index in [1.807, 2.05) is 20.8 Å². The minimum atomic E-state index is -0.302. The standard InChI is InChI=1S/C10H18O2/c1-7-4-5-9(12)10(2,3)8(7)6-11/h9,11-12H,4-6H2,1-3H3. The molecule has 0 saturated carbocycles. The molecule has 0 spiro atoms. The molecule has 0 heterocycles. The van der Waals surface area contributed by atoms with E-state index in [0.717, 1.165) is 18.4 Å². The topological polar surface area (TPSA) is 40.5 Å². The first-order valence-electron chi connectivity index (χ1n) is 4.48. The second kappa shape index (κ2) is 3.19. The van der Waals surface area contributed by atoms with Crippen molar-refractivity contribution in [2.24, 2.45) is 5.41 Å². The highest BCUT2D eigenvalue weighted by Crippen LogP contribution is 2.39. The summed E-state index contributed by atoms with van der Waals surface area (Å²) in [6, 6.07) is 0. The smallest absolute Gasteiger partial charge is 0.0650 e. The molecule has 0 aliphatic heterocycles. The molecule has 0 fully saturated rings. The Kier molecular flexibility index (Phi) is 2.59. The maximum Gasteiger partial charge on any atom is 0.0650 e. The molecule has 2 nitrogen and oxygen atoms in total. The van der Waals surface area contributed by atoms with Gasteiger partial charge in [0, 0.05) is 5.41 Å². The molecule has 0 bridgehead atoms. The number of aliphatic hydroxyl groups excluding tert-OH is 2. The summed E-state index contributed by atoms with van der Waals surface area (Å²) in [6.07, 6.45) is 1.44. The van der Waals surface area contributed by atoms with Crippen LogP contribution in [0.15, 0.2) is 11.1 Å². The molecular weight excluding hydrogens is 152 g/mol. The highest BCUT2D eigenvalue weighted by atomic mass is 16.3. The number of hydrogen-bond acceptors (Lipinski definition) is 2. The van der Waals surface area contributed by atoms with Crippen molar-refractivity contribution < 1.29 is 10.2 Å². The predicted octanol–water partition coefficient (Wildman–Crippen LogP) is 1.48. The molecular formula is C10H18O2. The van der Waals surface area contributed by atoms with Crippen LogP contribution in [0.2, 0.25) is 0 Å². The van der Waals surface area contributed by atoms with Crippen LogP contribution < -0.4 is 0 Å². The van der Waals surface area contributed by atoms with Crippen molar-refractivity contribution in [3.05, 3.63) is 11.1 Å². The van der Waals surface area contributed by atoms with E-state index in [9.17, 15) is 5.11 Å². The number of aliphatic hydroxyl groups is 2. The maximum absolute atomic E-state index is 9.71. The van der Waals surface area contributed by atoms with Crippen LogP contribution >= 0.6 is 0 Å². The van der Waals surface area contributed by atoms with Crippen molar-refractivity contribution in [3.63, 3.8) is 0 Å². The van der Waals surface area contributed by atoms with Gasteiger partial charge in [0.2, 0.25) is 0 Å². The van der Waals surface area contributed by atoms with Gasteiger partial charge < -0.3 is 10.2 Å². The minimum absolute atomic E-state index is 0.0793. The summed E-state index contributed by atoms with van der Waals surface area (Å²) in [6.45, 7) is 6.10. The lowest BCUT2D eigenvalue weighted by Crippen LogP contribution is -2.36. The third-order valence-electron chi connectivity index (χ3n) is 3.08. The summed E-state index contributed by atoms with van der Waals surface area (Å²) >= 11 is 0. The molecule has 1 unspecified atom stereocenters. The number of hydrogen-bond donors (Lipinski definition) is 2. The Labute approximate surface area is 73.9 Å². The fourth-order valence-electron chi connectivity index (χ4n) is 1.95. The maximum atomic E-state index is 9.71. The quantitative estimate of drug-likeness (QED) is 0.585. The molecule has 1 aliphatic carbocycles.